The summed E-state index contributed by atoms with van der Waals surface area (Å²) in [7, 11) is 0. The quantitative estimate of drug-likeness (QED) is 0.745. The Labute approximate surface area is 81.9 Å². The molecule has 0 aliphatic carbocycles. The number of halogens is 4. The van der Waals surface area contributed by atoms with Gasteiger partial charge in [-0.1, -0.05) is 11.6 Å². The second-order valence-electron chi connectivity index (χ2n) is 2.51. The van der Waals surface area contributed by atoms with E-state index in [1.165, 1.54) is 0 Å². The average molecular weight is 225 g/mol. The van der Waals surface area contributed by atoms with Crippen LogP contribution in [0.5, 0.6) is 5.75 Å². The Hall–Kier alpha value is -1.23. The number of aldehydes is 1. The lowest BCUT2D eigenvalue weighted by atomic mass is 10.1. The minimum atomic E-state index is -4.59. The Bertz CT molecular complexity index is 350. The maximum absolute atomic E-state index is 12.1. The highest BCUT2D eigenvalue weighted by molar-refractivity contribution is 6.33. The third kappa shape index (κ3) is 1.98. The van der Waals surface area contributed by atoms with Crippen LogP contribution >= 0.6 is 11.6 Å². The molecule has 76 valence electrons. The van der Waals surface area contributed by atoms with Gasteiger partial charge in [0.15, 0.2) is 6.29 Å². The molecule has 0 unspecified atom stereocenters. The van der Waals surface area contributed by atoms with Gasteiger partial charge < -0.3 is 5.11 Å². The number of benzene rings is 1. The fourth-order valence-corrected chi connectivity index (χ4v) is 1.14. The zero-order valence-electron chi connectivity index (χ0n) is 6.60. The summed E-state index contributed by atoms with van der Waals surface area (Å²) >= 11 is 5.35. The van der Waals surface area contributed by atoms with E-state index in [2.05, 4.69) is 0 Å². The first-order valence-electron chi connectivity index (χ1n) is 3.41. The van der Waals surface area contributed by atoms with Crippen LogP contribution in [0.1, 0.15) is 15.9 Å². The molecule has 1 aromatic carbocycles. The summed E-state index contributed by atoms with van der Waals surface area (Å²) in [5.41, 5.74) is -1.44. The minimum Gasteiger partial charge on any atom is -0.507 e. The summed E-state index contributed by atoms with van der Waals surface area (Å²) in [6, 6.07) is 1.04. The molecule has 1 rings (SSSR count). The number of hydrogen-bond donors (Lipinski definition) is 1. The molecule has 0 aromatic heterocycles. The van der Waals surface area contributed by atoms with E-state index in [1.807, 2.05) is 0 Å². The number of aromatic hydroxyl groups is 1. The van der Waals surface area contributed by atoms with Gasteiger partial charge in [-0.15, -0.1) is 0 Å². The van der Waals surface area contributed by atoms with Crippen LogP contribution in [0.25, 0.3) is 0 Å². The molecular weight excluding hydrogens is 221 g/mol. The molecule has 6 heteroatoms. The molecular formula is C8H4ClF3O2. The Kier molecular flexibility index (Phi) is 2.71. The third-order valence-electron chi connectivity index (χ3n) is 1.55. The van der Waals surface area contributed by atoms with Crippen LogP contribution in [0, 0.1) is 0 Å². The van der Waals surface area contributed by atoms with Crippen molar-refractivity contribution in [3.63, 3.8) is 0 Å². The molecule has 14 heavy (non-hydrogen) atoms. The van der Waals surface area contributed by atoms with Gasteiger partial charge in [-0.05, 0) is 12.1 Å². The minimum absolute atomic E-state index is 0.192. The van der Waals surface area contributed by atoms with E-state index in [0.29, 0.717) is 12.1 Å². The SMILES string of the molecule is O=Cc1c(O)cc(C(F)(F)F)cc1Cl. The third-order valence-corrected chi connectivity index (χ3v) is 1.87. The predicted molar refractivity (Wildman–Crippen MR) is 43.5 cm³/mol. The molecule has 0 aliphatic rings. The molecule has 0 atom stereocenters. The highest BCUT2D eigenvalue weighted by Gasteiger charge is 2.32. The maximum atomic E-state index is 12.1. The van der Waals surface area contributed by atoms with Crippen molar-refractivity contribution >= 4 is 17.9 Å². The molecule has 0 spiro atoms. The number of carbonyl (C=O) groups excluding carboxylic acids is 1. The van der Waals surface area contributed by atoms with Gasteiger partial charge in [0, 0.05) is 0 Å². The number of rotatable bonds is 1. The van der Waals surface area contributed by atoms with Gasteiger partial charge in [0.1, 0.15) is 5.75 Å². The van der Waals surface area contributed by atoms with Gasteiger partial charge in [0.2, 0.25) is 0 Å². The smallest absolute Gasteiger partial charge is 0.416 e. The standard InChI is InChI=1S/C8H4ClF3O2/c9-6-1-4(8(10,11)12)2-7(14)5(6)3-13/h1-3,14H. The second kappa shape index (κ2) is 3.49. The monoisotopic (exact) mass is 224 g/mol. The predicted octanol–water partition coefficient (Wildman–Crippen LogP) is 2.88. The number of alkyl halides is 3. The summed E-state index contributed by atoms with van der Waals surface area (Å²) in [5, 5.41) is 8.60. The van der Waals surface area contributed by atoms with Gasteiger partial charge in [0.25, 0.3) is 0 Å². The summed E-state index contributed by atoms with van der Waals surface area (Å²) in [4.78, 5) is 10.3. The van der Waals surface area contributed by atoms with Crippen LogP contribution in [-0.4, -0.2) is 11.4 Å². The van der Waals surface area contributed by atoms with Crippen molar-refractivity contribution < 1.29 is 23.1 Å². The van der Waals surface area contributed by atoms with Gasteiger partial charge in [-0.3, -0.25) is 4.79 Å². The zero-order valence-corrected chi connectivity index (χ0v) is 7.36. The first kappa shape index (κ1) is 10.8. The van der Waals surface area contributed by atoms with E-state index in [0.717, 1.165) is 0 Å². The number of phenolic OH excluding ortho intramolecular Hbond substituents is 1. The summed E-state index contributed by atoms with van der Waals surface area (Å²) in [5.74, 6) is -0.778. The molecule has 0 aliphatic heterocycles. The van der Waals surface area contributed by atoms with Crippen LogP contribution in [0.2, 0.25) is 5.02 Å². The Morgan fingerprint density at radius 1 is 1.36 bits per heavy atom. The van der Waals surface area contributed by atoms with Gasteiger partial charge >= 0.3 is 6.18 Å². The molecule has 1 aromatic rings. The summed E-state index contributed by atoms with van der Waals surface area (Å²) in [6.45, 7) is 0. The van der Waals surface area contributed by atoms with Crippen LogP contribution in [0.15, 0.2) is 12.1 Å². The molecule has 0 amide bonds. The van der Waals surface area contributed by atoms with E-state index in [-0.39, 0.29) is 11.8 Å². The van der Waals surface area contributed by atoms with E-state index in [9.17, 15) is 18.0 Å². The molecule has 0 heterocycles. The summed E-state index contributed by atoms with van der Waals surface area (Å²) in [6.07, 6.45) is -4.40. The first-order chi connectivity index (χ1) is 6.36. The van der Waals surface area contributed by atoms with Crippen LogP contribution in [0.3, 0.4) is 0 Å². The zero-order chi connectivity index (χ0) is 10.9. The normalized spacial score (nSPS) is 11.4. The van der Waals surface area contributed by atoms with Crippen molar-refractivity contribution in [2.45, 2.75) is 6.18 Å². The van der Waals surface area contributed by atoms with E-state index >= 15 is 0 Å². The van der Waals surface area contributed by atoms with Crippen molar-refractivity contribution in [2.24, 2.45) is 0 Å². The van der Waals surface area contributed by atoms with E-state index in [4.69, 9.17) is 16.7 Å². The highest BCUT2D eigenvalue weighted by Crippen LogP contribution is 2.35. The van der Waals surface area contributed by atoms with Gasteiger partial charge in [0.05, 0.1) is 16.1 Å². The molecule has 0 fully saturated rings. The van der Waals surface area contributed by atoms with Crippen LogP contribution in [0.4, 0.5) is 13.2 Å². The maximum Gasteiger partial charge on any atom is 0.416 e. The largest absolute Gasteiger partial charge is 0.507 e. The molecule has 2 nitrogen and oxygen atoms in total. The molecule has 0 saturated heterocycles. The lowest BCUT2D eigenvalue weighted by molar-refractivity contribution is -0.137. The Morgan fingerprint density at radius 2 is 1.93 bits per heavy atom. The average Bonchev–Trinajstić information content (AvgIpc) is 2.01. The fraction of sp³-hybridized carbons (Fsp3) is 0.125. The van der Waals surface area contributed by atoms with Crippen molar-refractivity contribution in [3.8, 4) is 5.75 Å². The molecule has 0 radical (unpaired) electrons. The highest BCUT2D eigenvalue weighted by atomic mass is 35.5. The lowest BCUT2D eigenvalue weighted by Gasteiger charge is -2.08. The topological polar surface area (TPSA) is 37.3 Å². The second-order valence-corrected chi connectivity index (χ2v) is 2.91. The number of carbonyl (C=O) groups is 1. The Balaban J connectivity index is 3.35. The first-order valence-corrected chi connectivity index (χ1v) is 3.79. The van der Waals surface area contributed by atoms with E-state index in [1.54, 1.807) is 0 Å². The van der Waals surface area contributed by atoms with Crippen molar-refractivity contribution in [3.05, 3.63) is 28.3 Å². The van der Waals surface area contributed by atoms with E-state index < -0.39 is 22.5 Å². The van der Waals surface area contributed by atoms with Crippen LogP contribution < -0.4 is 0 Å². The number of phenols is 1. The molecule has 0 saturated carbocycles. The van der Waals surface area contributed by atoms with Gasteiger partial charge in [-0.25, -0.2) is 0 Å². The Morgan fingerprint density at radius 3 is 2.29 bits per heavy atom. The fourth-order valence-electron chi connectivity index (χ4n) is 0.884. The molecule has 0 bridgehead atoms. The lowest BCUT2D eigenvalue weighted by Crippen LogP contribution is -2.05. The van der Waals surface area contributed by atoms with Gasteiger partial charge in [-0.2, -0.15) is 13.2 Å². The molecule has 1 N–H and O–H groups in total. The summed E-state index contributed by atoms with van der Waals surface area (Å²) < 4.78 is 36.4. The van der Waals surface area contributed by atoms with Crippen molar-refractivity contribution in [1.29, 1.82) is 0 Å². The number of hydrogen-bond acceptors (Lipinski definition) is 2. The van der Waals surface area contributed by atoms with Crippen molar-refractivity contribution in [2.75, 3.05) is 0 Å². The van der Waals surface area contributed by atoms with Crippen molar-refractivity contribution in [1.82, 2.24) is 0 Å². The van der Waals surface area contributed by atoms with Crippen LogP contribution in [-0.2, 0) is 6.18 Å².